The van der Waals surface area contributed by atoms with Crippen LogP contribution in [0.1, 0.15) is 18.4 Å². The van der Waals surface area contributed by atoms with Crippen LogP contribution in [0.15, 0.2) is 36.9 Å². The zero-order valence-electron chi connectivity index (χ0n) is 13.7. The average Bonchev–Trinajstić information content (AvgIpc) is 2.67. The van der Waals surface area contributed by atoms with Crippen LogP contribution < -0.4 is 15.0 Å². The fourth-order valence-electron chi connectivity index (χ4n) is 2.80. The summed E-state index contributed by atoms with van der Waals surface area (Å²) in [5.74, 6) is 1.59. The predicted octanol–water partition coefficient (Wildman–Crippen LogP) is 1.41. The molecule has 0 saturated carbocycles. The van der Waals surface area contributed by atoms with Crippen LogP contribution >= 0.6 is 0 Å². The summed E-state index contributed by atoms with van der Waals surface area (Å²) < 4.78 is 5.02. The summed E-state index contributed by atoms with van der Waals surface area (Å²) in [4.78, 5) is 27.0. The van der Waals surface area contributed by atoms with Gasteiger partial charge in [-0.25, -0.2) is 9.97 Å². The van der Waals surface area contributed by atoms with Gasteiger partial charge in [-0.1, -0.05) is 6.07 Å². The van der Waals surface area contributed by atoms with E-state index >= 15 is 0 Å². The second kappa shape index (κ2) is 7.72. The Morgan fingerprint density at radius 3 is 2.71 bits per heavy atom. The molecule has 1 N–H and O–H groups in total. The van der Waals surface area contributed by atoms with E-state index in [0.29, 0.717) is 12.4 Å². The van der Waals surface area contributed by atoms with Gasteiger partial charge in [0.25, 0.3) is 0 Å². The lowest BCUT2D eigenvalue weighted by atomic mass is 9.96. The van der Waals surface area contributed by atoms with E-state index in [4.69, 9.17) is 4.74 Å². The molecule has 1 aliphatic rings. The molecule has 0 atom stereocenters. The minimum Gasteiger partial charge on any atom is -0.481 e. The number of piperidine rings is 1. The number of rotatable bonds is 5. The van der Waals surface area contributed by atoms with Gasteiger partial charge in [-0.05, 0) is 18.4 Å². The molecule has 0 bridgehead atoms. The molecular formula is C17H21N5O2. The zero-order valence-corrected chi connectivity index (χ0v) is 13.7. The van der Waals surface area contributed by atoms with Crippen LogP contribution in [0.25, 0.3) is 0 Å². The van der Waals surface area contributed by atoms with Crippen molar-refractivity contribution in [2.75, 3.05) is 25.1 Å². The Morgan fingerprint density at radius 2 is 2.08 bits per heavy atom. The van der Waals surface area contributed by atoms with Gasteiger partial charge in [-0.15, -0.1) is 0 Å². The predicted molar refractivity (Wildman–Crippen MR) is 89.6 cm³/mol. The molecule has 0 spiro atoms. The average molecular weight is 327 g/mol. The van der Waals surface area contributed by atoms with E-state index in [-0.39, 0.29) is 11.8 Å². The monoisotopic (exact) mass is 327 g/mol. The van der Waals surface area contributed by atoms with Crippen molar-refractivity contribution in [1.82, 2.24) is 20.3 Å². The number of hydrogen-bond acceptors (Lipinski definition) is 6. The van der Waals surface area contributed by atoms with Gasteiger partial charge < -0.3 is 15.0 Å². The molecule has 3 rings (SSSR count). The molecular weight excluding hydrogens is 306 g/mol. The first-order valence-corrected chi connectivity index (χ1v) is 8.04. The number of ether oxygens (including phenoxy) is 1. The SMILES string of the molecule is COc1ccc(CNC(=O)C2CCN(c3cnccn3)CC2)cn1. The molecule has 2 aromatic rings. The minimum absolute atomic E-state index is 0.0455. The number of hydrogen-bond donors (Lipinski definition) is 1. The van der Waals surface area contributed by atoms with Crippen LogP contribution in [0, 0.1) is 5.92 Å². The minimum atomic E-state index is 0.0455. The van der Waals surface area contributed by atoms with Gasteiger partial charge in [0, 0.05) is 50.2 Å². The fourth-order valence-corrected chi connectivity index (χ4v) is 2.80. The number of amides is 1. The summed E-state index contributed by atoms with van der Waals surface area (Å²) >= 11 is 0. The van der Waals surface area contributed by atoms with Crippen molar-refractivity contribution in [3.8, 4) is 5.88 Å². The number of pyridine rings is 1. The Bertz CT molecular complexity index is 654. The molecule has 7 nitrogen and oxygen atoms in total. The second-order valence-corrected chi connectivity index (χ2v) is 5.75. The normalized spacial score (nSPS) is 15.1. The lowest BCUT2D eigenvalue weighted by Gasteiger charge is -2.31. The van der Waals surface area contributed by atoms with E-state index in [1.807, 2.05) is 6.07 Å². The molecule has 1 fully saturated rings. The van der Waals surface area contributed by atoms with E-state index < -0.39 is 0 Å². The Morgan fingerprint density at radius 1 is 1.25 bits per heavy atom. The van der Waals surface area contributed by atoms with Crippen molar-refractivity contribution in [1.29, 1.82) is 0 Å². The topological polar surface area (TPSA) is 80.2 Å². The Labute approximate surface area is 141 Å². The van der Waals surface area contributed by atoms with Crippen molar-refractivity contribution in [2.24, 2.45) is 5.92 Å². The summed E-state index contributed by atoms with van der Waals surface area (Å²) in [6, 6.07) is 3.70. The Kier molecular flexibility index (Phi) is 5.20. The van der Waals surface area contributed by atoms with Gasteiger partial charge >= 0.3 is 0 Å². The number of anilines is 1. The summed E-state index contributed by atoms with van der Waals surface area (Å²) in [6.45, 7) is 2.13. The first-order valence-electron chi connectivity index (χ1n) is 8.04. The molecule has 0 unspecified atom stereocenters. The maximum Gasteiger partial charge on any atom is 0.223 e. The fraction of sp³-hybridized carbons (Fsp3) is 0.412. The first-order chi connectivity index (χ1) is 11.8. The molecule has 0 aromatic carbocycles. The van der Waals surface area contributed by atoms with Crippen LogP contribution in [0.2, 0.25) is 0 Å². The van der Waals surface area contributed by atoms with Crippen LogP contribution in [0.3, 0.4) is 0 Å². The highest BCUT2D eigenvalue weighted by molar-refractivity contribution is 5.78. The molecule has 3 heterocycles. The van der Waals surface area contributed by atoms with Crippen LogP contribution in [-0.2, 0) is 11.3 Å². The molecule has 24 heavy (non-hydrogen) atoms. The third kappa shape index (κ3) is 3.98. The standard InChI is InChI=1S/C17H21N5O2/c1-24-16-3-2-13(10-20-16)11-21-17(23)14-4-8-22(9-5-14)15-12-18-6-7-19-15/h2-3,6-7,10,12,14H,4-5,8-9,11H2,1H3,(H,21,23). The molecule has 7 heteroatoms. The van der Waals surface area contributed by atoms with Crippen LogP contribution in [-0.4, -0.2) is 41.1 Å². The molecule has 1 saturated heterocycles. The van der Waals surface area contributed by atoms with Gasteiger partial charge in [0.05, 0.1) is 13.3 Å². The van der Waals surface area contributed by atoms with Gasteiger partial charge in [-0.3, -0.25) is 9.78 Å². The lowest BCUT2D eigenvalue weighted by Crippen LogP contribution is -2.40. The highest BCUT2D eigenvalue weighted by Gasteiger charge is 2.25. The Hall–Kier alpha value is -2.70. The van der Waals surface area contributed by atoms with Crippen molar-refractivity contribution in [3.63, 3.8) is 0 Å². The second-order valence-electron chi connectivity index (χ2n) is 5.75. The number of carbonyl (C=O) groups excluding carboxylic acids is 1. The summed E-state index contributed by atoms with van der Waals surface area (Å²) in [5, 5.41) is 2.99. The molecule has 0 radical (unpaired) electrons. The van der Waals surface area contributed by atoms with E-state index in [2.05, 4.69) is 25.2 Å². The van der Waals surface area contributed by atoms with E-state index in [9.17, 15) is 4.79 Å². The highest BCUT2D eigenvalue weighted by Crippen LogP contribution is 2.21. The molecule has 0 aliphatic carbocycles. The maximum absolute atomic E-state index is 12.3. The summed E-state index contributed by atoms with van der Waals surface area (Å²) in [7, 11) is 1.58. The lowest BCUT2D eigenvalue weighted by molar-refractivity contribution is -0.125. The van der Waals surface area contributed by atoms with Crippen LogP contribution in [0.5, 0.6) is 5.88 Å². The third-order valence-corrected chi connectivity index (χ3v) is 4.21. The van der Waals surface area contributed by atoms with E-state index in [1.54, 1.807) is 38.0 Å². The first kappa shape index (κ1) is 16.2. The summed E-state index contributed by atoms with van der Waals surface area (Å²) in [5.41, 5.74) is 0.959. The van der Waals surface area contributed by atoms with Crippen molar-refractivity contribution in [3.05, 3.63) is 42.5 Å². The number of carbonyl (C=O) groups is 1. The number of nitrogens with one attached hydrogen (secondary N) is 1. The van der Waals surface area contributed by atoms with Gasteiger partial charge in [0.15, 0.2) is 0 Å². The molecule has 1 aliphatic heterocycles. The number of aromatic nitrogens is 3. The van der Waals surface area contributed by atoms with E-state index in [0.717, 1.165) is 37.3 Å². The van der Waals surface area contributed by atoms with Crippen molar-refractivity contribution < 1.29 is 9.53 Å². The quantitative estimate of drug-likeness (QED) is 0.894. The highest BCUT2D eigenvalue weighted by atomic mass is 16.5. The van der Waals surface area contributed by atoms with Gasteiger partial charge in [-0.2, -0.15) is 0 Å². The molecule has 126 valence electrons. The number of nitrogens with zero attached hydrogens (tertiary/aromatic N) is 4. The van der Waals surface area contributed by atoms with Crippen molar-refractivity contribution >= 4 is 11.7 Å². The van der Waals surface area contributed by atoms with E-state index in [1.165, 1.54) is 0 Å². The van der Waals surface area contributed by atoms with Gasteiger partial charge in [0.2, 0.25) is 11.8 Å². The summed E-state index contributed by atoms with van der Waals surface area (Å²) in [6.07, 6.45) is 8.48. The number of methoxy groups -OCH3 is 1. The molecule has 1 amide bonds. The molecule has 2 aromatic heterocycles. The smallest absolute Gasteiger partial charge is 0.223 e. The zero-order chi connectivity index (χ0) is 16.8. The van der Waals surface area contributed by atoms with Gasteiger partial charge in [0.1, 0.15) is 5.82 Å². The van der Waals surface area contributed by atoms with Crippen molar-refractivity contribution in [2.45, 2.75) is 19.4 Å². The third-order valence-electron chi connectivity index (χ3n) is 4.21. The Balaban J connectivity index is 1.46. The maximum atomic E-state index is 12.3. The van der Waals surface area contributed by atoms with Crippen LogP contribution in [0.4, 0.5) is 5.82 Å². The largest absolute Gasteiger partial charge is 0.481 e.